The highest BCUT2D eigenvalue weighted by atomic mass is 16.5. The molecule has 0 saturated heterocycles. The molecule has 3 atom stereocenters. The molecule has 162 valence electrons. The van der Waals surface area contributed by atoms with Crippen LogP contribution in [0.3, 0.4) is 0 Å². The fraction of sp³-hybridized carbons (Fsp3) is 0.455. The van der Waals surface area contributed by atoms with Gasteiger partial charge in [-0.15, -0.1) is 0 Å². The molecule has 0 unspecified atom stereocenters. The fourth-order valence-electron chi connectivity index (χ4n) is 4.87. The fourth-order valence-corrected chi connectivity index (χ4v) is 4.87. The molecule has 3 N–H and O–H groups in total. The number of aromatic hydroxyl groups is 2. The van der Waals surface area contributed by atoms with Crippen molar-refractivity contribution in [3.05, 3.63) is 28.8 Å². The van der Waals surface area contributed by atoms with Crippen molar-refractivity contribution in [1.82, 2.24) is 0 Å². The van der Waals surface area contributed by atoms with Crippen LogP contribution in [-0.2, 0) is 6.42 Å². The van der Waals surface area contributed by atoms with E-state index in [9.17, 15) is 15.3 Å². The molecule has 1 aliphatic carbocycles. The highest BCUT2D eigenvalue weighted by molar-refractivity contribution is 5.69. The molecule has 30 heavy (non-hydrogen) atoms. The number of phenolic OH excluding ortho intramolecular Hbond substituents is 2. The second-order valence-corrected chi connectivity index (χ2v) is 7.51. The molecule has 0 fully saturated rings. The van der Waals surface area contributed by atoms with Crippen molar-refractivity contribution in [2.75, 3.05) is 41.7 Å². The van der Waals surface area contributed by atoms with E-state index in [1.807, 2.05) is 0 Å². The number of aliphatic hydroxyl groups excluding tert-OH is 1. The summed E-state index contributed by atoms with van der Waals surface area (Å²) < 4.78 is 27.9. The normalized spacial score (nSPS) is 21.6. The monoisotopic (exact) mass is 418 g/mol. The van der Waals surface area contributed by atoms with Crippen molar-refractivity contribution in [1.29, 1.82) is 0 Å². The molecule has 0 amide bonds. The molecular weight excluding hydrogens is 392 g/mol. The first-order valence-electron chi connectivity index (χ1n) is 9.68. The lowest BCUT2D eigenvalue weighted by Crippen LogP contribution is -2.34. The van der Waals surface area contributed by atoms with Crippen LogP contribution in [0.15, 0.2) is 12.1 Å². The van der Waals surface area contributed by atoms with E-state index >= 15 is 0 Å². The summed E-state index contributed by atoms with van der Waals surface area (Å²) in [7, 11) is 5.87. The van der Waals surface area contributed by atoms with Crippen molar-refractivity contribution < 1.29 is 39.0 Å². The van der Waals surface area contributed by atoms with Gasteiger partial charge in [0.15, 0.2) is 23.0 Å². The quantitative estimate of drug-likeness (QED) is 0.680. The minimum Gasteiger partial charge on any atom is -0.502 e. The van der Waals surface area contributed by atoms with E-state index in [4.69, 9.17) is 23.7 Å². The van der Waals surface area contributed by atoms with Gasteiger partial charge in [-0.2, -0.15) is 0 Å². The van der Waals surface area contributed by atoms with Crippen LogP contribution < -0.4 is 23.7 Å². The summed E-state index contributed by atoms with van der Waals surface area (Å²) in [5, 5.41) is 31.8. The first-order chi connectivity index (χ1) is 14.5. The predicted octanol–water partition coefficient (Wildman–Crippen LogP) is 2.44. The van der Waals surface area contributed by atoms with Crippen LogP contribution in [0.4, 0.5) is 0 Å². The van der Waals surface area contributed by atoms with Gasteiger partial charge >= 0.3 is 0 Å². The third-order valence-corrected chi connectivity index (χ3v) is 6.21. The number of ether oxygens (including phenoxy) is 5. The molecule has 0 spiro atoms. The third kappa shape index (κ3) is 2.78. The van der Waals surface area contributed by atoms with Crippen molar-refractivity contribution in [2.45, 2.75) is 12.3 Å². The number of methoxy groups -OCH3 is 4. The van der Waals surface area contributed by atoms with Gasteiger partial charge in [-0.3, -0.25) is 0 Å². The number of fused-ring (bicyclic) bond motifs is 6. The van der Waals surface area contributed by atoms with Crippen LogP contribution in [-0.4, -0.2) is 57.0 Å². The number of hydrogen-bond acceptors (Lipinski definition) is 8. The molecule has 0 aromatic heterocycles. The SMILES string of the molecule is COc1cc2c(c(OC)c1O)[C@@H]1c3c(cc(OC)c(O)c3OC)OC[C@H](C2)[C@@H]1CO. The maximum Gasteiger partial charge on any atom is 0.201 e. The molecule has 4 rings (SSSR count). The maximum atomic E-state index is 10.7. The van der Waals surface area contributed by atoms with E-state index in [1.54, 1.807) is 12.1 Å². The minimum absolute atomic E-state index is 0.00306. The van der Waals surface area contributed by atoms with Gasteiger partial charge in [0.05, 0.1) is 35.0 Å². The van der Waals surface area contributed by atoms with Crippen LogP contribution >= 0.6 is 0 Å². The summed E-state index contributed by atoms with van der Waals surface area (Å²) in [6.45, 7) is 0.264. The standard InChI is InChI=1S/C22H26O8/c1-26-14-6-10-5-11-9-30-13-7-15(27-2)20(25)22(29-4)18(13)17(12(11)8-23)16(10)21(28-3)19(14)24/h6-7,11-12,17,23-25H,5,8-9H2,1-4H3/t11-,12-,17+/m0/s1. The van der Waals surface area contributed by atoms with Crippen LogP contribution in [0.25, 0.3) is 0 Å². The first-order valence-corrected chi connectivity index (χ1v) is 9.68. The Kier molecular flexibility index (Phi) is 5.19. The zero-order valence-corrected chi connectivity index (χ0v) is 17.4. The summed E-state index contributed by atoms with van der Waals surface area (Å²) in [4.78, 5) is 0. The Labute approximate surface area is 174 Å². The van der Waals surface area contributed by atoms with Crippen LogP contribution in [0.2, 0.25) is 0 Å². The molecule has 2 aromatic rings. The molecule has 2 aliphatic rings. The summed E-state index contributed by atoms with van der Waals surface area (Å²) in [6, 6.07) is 3.42. The van der Waals surface area contributed by atoms with Crippen molar-refractivity contribution >= 4 is 0 Å². The Balaban J connectivity index is 2.08. The molecule has 8 heteroatoms. The lowest BCUT2D eigenvalue weighted by molar-refractivity contribution is 0.122. The van der Waals surface area contributed by atoms with E-state index in [0.717, 1.165) is 11.1 Å². The number of rotatable bonds is 5. The predicted molar refractivity (Wildman–Crippen MR) is 108 cm³/mol. The molecular formula is C22H26O8. The van der Waals surface area contributed by atoms with Gasteiger partial charge in [-0.25, -0.2) is 0 Å². The van der Waals surface area contributed by atoms with Crippen molar-refractivity contribution in [3.63, 3.8) is 0 Å². The summed E-state index contributed by atoms with van der Waals surface area (Å²) in [5.41, 5.74) is 2.23. The largest absolute Gasteiger partial charge is 0.502 e. The second kappa shape index (κ2) is 7.68. The number of benzene rings is 2. The van der Waals surface area contributed by atoms with Gasteiger partial charge in [-0.05, 0) is 24.0 Å². The lowest BCUT2D eigenvalue weighted by Gasteiger charge is -2.38. The molecule has 0 radical (unpaired) electrons. The Bertz CT molecular complexity index is 960. The van der Waals surface area contributed by atoms with Crippen LogP contribution in [0, 0.1) is 11.8 Å². The van der Waals surface area contributed by atoms with Gasteiger partial charge in [0, 0.05) is 35.6 Å². The van der Waals surface area contributed by atoms with Crippen LogP contribution in [0.1, 0.15) is 22.6 Å². The molecule has 8 nitrogen and oxygen atoms in total. The van der Waals surface area contributed by atoms with Gasteiger partial charge < -0.3 is 39.0 Å². The zero-order chi connectivity index (χ0) is 21.6. The van der Waals surface area contributed by atoms with E-state index in [0.29, 0.717) is 30.1 Å². The van der Waals surface area contributed by atoms with Gasteiger partial charge in [-0.1, -0.05) is 0 Å². The molecule has 0 saturated carbocycles. The summed E-state index contributed by atoms with van der Waals surface area (Å²) in [6.07, 6.45) is 0.615. The number of aliphatic hydroxyl groups is 1. The Morgan fingerprint density at radius 2 is 1.50 bits per heavy atom. The van der Waals surface area contributed by atoms with E-state index < -0.39 is 5.92 Å². The average molecular weight is 418 g/mol. The average Bonchev–Trinajstić information content (AvgIpc) is 2.86. The molecule has 1 heterocycles. The smallest absolute Gasteiger partial charge is 0.201 e. The lowest BCUT2D eigenvalue weighted by atomic mass is 9.66. The number of hydrogen-bond donors (Lipinski definition) is 3. The van der Waals surface area contributed by atoms with Gasteiger partial charge in [0.1, 0.15) is 5.75 Å². The van der Waals surface area contributed by atoms with E-state index in [1.165, 1.54) is 28.4 Å². The van der Waals surface area contributed by atoms with E-state index in [-0.39, 0.29) is 47.2 Å². The number of phenols is 2. The Hall–Kier alpha value is -3.00. The van der Waals surface area contributed by atoms with Crippen molar-refractivity contribution in [2.24, 2.45) is 11.8 Å². The zero-order valence-electron chi connectivity index (χ0n) is 17.4. The topological polar surface area (TPSA) is 107 Å². The summed E-state index contributed by atoms with van der Waals surface area (Å²) >= 11 is 0. The van der Waals surface area contributed by atoms with Crippen molar-refractivity contribution in [3.8, 4) is 40.2 Å². The highest BCUT2D eigenvalue weighted by Gasteiger charge is 2.46. The van der Waals surface area contributed by atoms with Gasteiger partial charge in [0.25, 0.3) is 0 Å². The maximum absolute atomic E-state index is 10.7. The second-order valence-electron chi connectivity index (χ2n) is 7.51. The summed E-state index contributed by atoms with van der Waals surface area (Å²) in [5.74, 6) is 0.577. The Morgan fingerprint density at radius 1 is 0.900 bits per heavy atom. The minimum atomic E-state index is -0.445. The molecule has 2 bridgehead atoms. The molecule has 1 aliphatic heterocycles. The highest BCUT2D eigenvalue weighted by Crippen LogP contribution is 2.59. The van der Waals surface area contributed by atoms with Gasteiger partial charge in [0.2, 0.25) is 11.5 Å². The van der Waals surface area contributed by atoms with Crippen LogP contribution in [0.5, 0.6) is 40.2 Å². The van der Waals surface area contributed by atoms with E-state index in [2.05, 4.69) is 0 Å². The first kappa shape index (κ1) is 20.3. The Morgan fingerprint density at radius 3 is 2.07 bits per heavy atom. The molecule has 2 aromatic carbocycles. The third-order valence-electron chi connectivity index (χ3n) is 6.21.